The molecule has 0 heterocycles. The maximum absolute atomic E-state index is 10.9. The lowest BCUT2D eigenvalue weighted by Gasteiger charge is -2.27. The summed E-state index contributed by atoms with van der Waals surface area (Å²) < 4.78 is 0. The highest BCUT2D eigenvalue weighted by molar-refractivity contribution is 5.93. The van der Waals surface area contributed by atoms with Gasteiger partial charge in [0.1, 0.15) is 11.5 Å². The number of rotatable bonds is 6. The summed E-state index contributed by atoms with van der Waals surface area (Å²) in [6.45, 7) is 5.99. The Hall–Kier alpha value is -1.78. The zero-order valence-electron chi connectivity index (χ0n) is 18.6. The second-order valence-electron chi connectivity index (χ2n) is 9.91. The summed E-state index contributed by atoms with van der Waals surface area (Å²) in [6, 6.07) is 8.72. The summed E-state index contributed by atoms with van der Waals surface area (Å²) in [6.07, 6.45) is 9.97. The minimum absolute atomic E-state index is 0.306. The highest BCUT2D eigenvalue weighted by Gasteiger charge is 2.20. The highest BCUT2D eigenvalue weighted by atomic mass is 16.3. The lowest BCUT2D eigenvalue weighted by molar-refractivity contribution is 0.305. The fourth-order valence-electron chi connectivity index (χ4n) is 5.24. The third-order valence-electron chi connectivity index (χ3n) is 7.52. The molecule has 0 spiro atoms. The Morgan fingerprint density at radius 2 is 1.23 bits per heavy atom. The Morgan fingerprint density at radius 3 is 1.83 bits per heavy atom. The Labute approximate surface area is 181 Å². The van der Waals surface area contributed by atoms with Crippen molar-refractivity contribution in [2.75, 3.05) is 0 Å². The lowest BCUT2D eigenvalue weighted by Crippen LogP contribution is -2.32. The van der Waals surface area contributed by atoms with Crippen molar-refractivity contribution in [3.8, 4) is 11.5 Å². The van der Waals surface area contributed by atoms with E-state index in [2.05, 4.69) is 30.5 Å². The maximum atomic E-state index is 10.9. The molecule has 4 rings (SSSR count). The van der Waals surface area contributed by atoms with Crippen molar-refractivity contribution in [3.63, 3.8) is 0 Å². The smallest absolute Gasteiger partial charge is 0.127 e. The summed E-state index contributed by atoms with van der Waals surface area (Å²) in [5.74, 6) is 2.32. The van der Waals surface area contributed by atoms with Crippen molar-refractivity contribution in [3.05, 3.63) is 35.4 Å². The summed E-state index contributed by atoms with van der Waals surface area (Å²) >= 11 is 0. The maximum Gasteiger partial charge on any atom is 0.127 e. The van der Waals surface area contributed by atoms with Gasteiger partial charge in [0.15, 0.2) is 0 Å². The predicted octanol–water partition coefficient (Wildman–Crippen LogP) is 5.59. The van der Waals surface area contributed by atoms with Crippen LogP contribution in [0.4, 0.5) is 0 Å². The molecule has 2 aromatic rings. The van der Waals surface area contributed by atoms with Gasteiger partial charge in [0.05, 0.1) is 0 Å². The Bertz CT molecular complexity index is 850. The van der Waals surface area contributed by atoms with Crippen LogP contribution in [-0.4, -0.2) is 22.3 Å². The molecule has 2 aliphatic rings. The zero-order valence-corrected chi connectivity index (χ0v) is 18.6. The topological polar surface area (TPSA) is 64.5 Å². The molecule has 2 saturated carbocycles. The van der Waals surface area contributed by atoms with Crippen molar-refractivity contribution >= 4 is 10.8 Å². The molecule has 164 valence electrons. The van der Waals surface area contributed by atoms with Gasteiger partial charge in [-0.1, -0.05) is 26.0 Å². The molecule has 0 bridgehead atoms. The minimum atomic E-state index is 0.306. The molecule has 0 unspecified atom stereocenters. The van der Waals surface area contributed by atoms with E-state index in [0.717, 1.165) is 33.7 Å². The van der Waals surface area contributed by atoms with Crippen LogP contribution in [0.15, 0.2) is 24.3 Å². The molecule has 0 radical (unpaired) electrons. The summed E-state index contributed by atoms with van der Waals surface area (Å²) in [4.78, 5) is 0. The van der Waals surface area contributed by atoms with E-state index in [9.17, 15) is 10.2 Å². The van der Waals surface area contributed by atoms with Gasteiger partial charge >= 0.3 is 0 Å². The number of nitrogens with one attached hydrogen (secondary N) is 2. The summed E-state index contributed by atoms with van der Waals surface area (Å²) in [5, 5.41) is 30.5. The van der Waals surface area contributed by atoms with Gasteiger partial charge in [0, 0.05) is 41.7 Å². The van der Waals surface area contributed by atoms with Crippen LogP contribution in [0.25, 0.3) is 10.8 Å². The first kappa shape index (κ1) is 21.5. The number of aromatic hydroxyl groups is 2. The van der Waals surface area contributed by atoms with Crippen molar-refractivity contribution in [2.45, 2.75) is 90.4 Å². The summed E-state index contributed by atoms with van der Waals surface area (Å²) in [7, 11) is 0. The van der Waals surface area contributed by atoms with Gasteiger partial charge in [-0.25, -0.2) is 0 Å². The van der Waals surface area contributed by atoms with E-state index in [4.69, 9.17) is 0 Å². The van der Waals surface area contributed by atoms with Gasteiger partial charge in [-0.05, 0) is 80.7 Å². The van der Waals surface area contributed by atoms with Gasteiger partial charge < -0.3 is 20.8 Å². The predicted molar refractivity (Wildman–Crippen MR) is 124 cm³/mol. The van der Waals surface area contributed by atoms with Crippen LogP contribution in [0.2, 0.25) is 0 Å². The molecule has 2 fully saturated rings. The Kier molecular flexibility index (Phi) is 6.84. The largest absolute Gasteiger partial charge is 0.508 e. The second-order valence-corrected chi connectivity index (χ2v) is 9.91. The molecule has 30 heavy (non-hydrogen) atoms. The zero-order chi connectivity index (χ0) is 21.1. The van der Waals surface area contributed by atoms with Crippen LogP contribution in [-0.2, 0) is 13.1 Å². The third-order valence-corrected chi connectivity index (χ3v) is 7.52. The molecule has 0 aliphatic heterocycles. The standard InChI is InChI=1S/C26H38N2O2/c1-17-3-8-20(9-4-17)27-15-19-7-12-22-23(26(19)30)13-14-25(29)24(22)16-28-21-10-5-18(2)6-11-21/h7,12-14,17-18,20-21,27-30H,3-6,8-11,15-16H2,1-2H3/t17-,18-,20-,21-. The highest BCUT2D eigenvalue weighted by Crippen LogP contribution is 2.35. The van der Waals surface area contributed by atoms with Crippen LogP contribution in [0.1, 0.15) is 76.3 Å². The quantitative estimate of drug-likeness (QED) is 0.501. The van der Waals surface area contributed by atoms with E-state index in [1.165, 1.54) is 51.4 Å². The van der Waals surface area contributed by atoms with Crippen molar-refractivity contribution in [2.24, 2.45) is 11.8 Å². The van der Waals surface area contributed by atoms with Gasteiger partial charge in [0.2, 0.25) is 0 Å². The first-order valence-electron chi connectivity index (χ1n) is 11.9. The number of hydrogen-bond donors (Lipinski definition) is 4. The van der Waals surface area contributed by atoms with Crippen LogP contribution in [0.3, 0.4) is 0 Å². The molecule has 2 aliphatic carbocycles. The van der Waals surface area contributed by atoms with E-state index in [-0.39, 0.29) is 0 Å². The Morgan fingerprint density at radius 1 is 0.700 bits per heavy atom. The number of phenols is 2. The molecule has 0 saturated heterocycles. The molecular formula is C26H38N2O2. The van der Waals surface area contributed by atoms with E-state index in [1.54, 1.807) is 6.07 Å². The van der Waals surface area contributed by atoms with Crippen molar-refractivity contribution in [1.29, 1.82) is 0 Å². The van der Waals surface area contributed by atoms with Gasteiger partial charge in [-0.2, -0.15) is 0 Å². The van der Waals surface area contributed by atoms with Crippen LogP contribution in [0.5, 0.6) is 11.5 Å². The molecular weight excluding hydrogens is 372 g/mol. The van der Waals surface area contributed by atoms with Gasteiger partial charge in [0.25, 0.3) is 0 Å². The first-order valence-corrected chi connectivity index (χ1v) is 11.9. The molecule has 2 aromatic carbocycles. The van der Waals surface area contributed by atoms with Crippen molar-refractivity contribution < 1.29 is 10.2 Å². The summed E-state index contributed by atoms with van der Waals surface area (Å²) in [5.41, 5.74) is 1.83. The fraction of sp³-hybridized carbons (Fsp3) is 0.615. The van der Waals surface area contributed by atoms with Gasteiger partial charge in [-0.15, -0.1) is 0 Å². The normalized spacial score (nSPS) is 27.4. The van der Waals surface area contributed by atoms with Crippen LogP contribution < -0.4 is 10.6 Å². The molecule has 4 N–H and O–H groups in total. The average molecular weight is 411 g/mol. The first-order chi connectivity index (χ1) is 14.5. The van der Waals surface area contributed by atoms with Crippen LogP contribution in [0, 0.1) is 11.8 Å². The number of fused-ring (bicyclic) bond motifs is 1. The Balaban J connectivity index is 1.46. The lowest BCUT2D eigenvalue weighted by atomic mass is 9.87. The average Bonchev–Trinajstić information content (AvgIpc) is 2.75. The van der Waals surface area contributed by atoms with Crippen LogP contribution >= 0.6 is 0 Å². The van der Waals surface area contributed by atoms with Gasteiger partial charge in [-0.3, -0.25) is 0 Å². The third kappa shape index (κ3) is 4.92. The SMILES string of the molecule is C[C@H]1CC[C@H](NCc2ccc3c(CN[C@H]4CC[C@H](C)CC4)c(O)ccc3c2O)CC1. The van der Waals surface area contributed by atoms with E-state index in [0.29, 0.717) is 36.7 Å². The molecule has 4 nitrogen and oxygen atoms in total. The molecule has 0 aromatic heterocycles. The van der Waals surface area contributed by atoms with Crippen molar-refractivity contribution in [1.82, 2.24) is 10.6 Å². The van der Waals surface area contributed by atoms with E-state index >= 15 is 0 Å². The number of phenolic OH excluding ortho intramolecular Hbond substituents is 2. The van der Waals surface area contributed by atoms with E-state index in [1.807, 2.05) is 12.1 Å². The second kappa shape index (κ2) is 9.57. The molecule has 0 amide bonds. The fourth-order valence-corrected chi connectivity index (χ4v) is 5.24. The minimum Gasteiger partial charge on any atom is -0.508 e. The number of hydrogen-bond acceptors (Lipinski definition) is 4. The van der Waals surface area contributed by atoms with E-state index < -0.39 is 0 Å². The number of benzene rings is 2. The monoisotopic (exact) mass is 410 g/mol. The molecule has 0 atom stereocenters. The molecule has 4 heteroatoms.